The second-order valence-electron chi connectivity index (χ2n) is 4.48. The van der Waals surface area contributed by atoms with Crippen LogP contribution in [0.1, 0.15) is 0 Å². The molecule has 0 aliphatic rings. The van der Waals surface area contributed by atoms with Gasteiger partial charge in [0.1, 0.15) is 11.3 Å². The molecule has 0 aliphatic carbocycles. The van der Waals surface area contributed by atoms with Crippen LogP contribution in [-0.4, -0.2) is 29.7 Å². The van der Waals surface area contributed by atoms with Crippen LogP contribution < -0.4 is 5.73 Å². The first-order valence-corrected chi connectivity index (χ1v) is 6.29. The van der Waals surface area contributed by atoms with Gasteiger partial charge in [-0.15, -0.1) is 5.10 Å². The van der Waals surface area contributed by atoms with Gasteiger partial charge in [0.2, 0.25) is 5.95 Å². The molecule has 0 fully saturated rings. The van der Waals surface area contributed by atoms with Gasteiger partial charge in [-0.05, 0) is 24.3 Å². The van der Waals surface area contributed by atoms with Crippen molar-refractivity contribution in [2.24, 2.45) is 0 Å². The van der Waals surface area contributed by atoms with E-state index >= 15 is 0 Å². The lowest BCUT2D eigenvalue weighted by atomic mass is 10.3. The minimum Gasteiger partial charge on any atom is -0.366 e. The number of hydrogen-bond acceptors (Lipinski definition) is 5. The smallest absolute Gasteiger partial charge is 0.239 e. The van der Waals surface area contributed by atoms with Crippen molar-refractivity contribution in [1.29, 1.82) is 0 Å². The second kappa shape index (κ2) is 4.41. The van der Waals surface area contributed by atoms with Crippen molar-refractivity contribution in [3.8, 4) is 17.2 Å². The highest BCUT2D eigenvalue weighted by Gasteiger charge is 2.07. The maximum atomic E-state index is 5.49. The first-order valence-electron chi connectivity index (χ1n) is 6.29. The molecule has 0 aliphatic heterocycles. The van der Waals surface area contributed by atoms with E-state index in [1.807, 2.05) is 35.0 Å². The van der Waals surface area contributed by atoms with Crippen molar-refractivity contribution in [1.82, 2.24) is 29.7 Å². The maximum Gasteiger partial charge on any atom is 0.239 e. The van der Waals surface area contributed by atoms with E-state index in [1.54, 1.807) is 12.4 Å². The molecule has 3 N–H and O–H groups in total. The van der Waals surface area contributed by atoms with Gasteiger partial charge in [0.25, 0.3) is 0 Å². The van der Waals surface area contributed by atoms with Crippen LogP contribution in [0.15, 0.2) is 42.9 Å². The highest BCUT2D eigenvalue weighted by atomic mass is 15.3. The van der Waals surface area contributed by atoms with E-state index < -0.39 is 0 Å². The maximum absolute atomic E-state index is 5.49. The van der Waals surface area contributed by atoms with E-state index in [-0.39, 0.29) is 5.95 Å². The van der Waals surface area contributed by atoms with E-state index in [0.717, 1.165) is 16.7 Å². The number of nitrogen functional groups attached to an aromatic ring is 1. The van der Waals surface area contributed by atoms with Crippen LogP contribution in [-0.2, 0) is 0 Å². The molecule has 7 nitrogen and oxygen atoms in total. The van der Waals surface area contributed by atoms with Crippen molar-refractivity contribution < 1.29 is 0 Å². The van der Waals surface area contributed by atoms with Gasteiger partial charge in [0.15, 0.2) is 5.82 Å². The van der Waals surface area contributed by atoms with Crippen molar-refractivity contribution in [3.05, 3.63) is 48.9 Å². The third-order valence-electron chi connectivity index (χ3n) is 3.16. The fourth-order valence-corrected chi connectivity index (χ4v) is 2.18. The fourth-order valence-electron chi connectivity index (χ4n) is 2.18. The summed E-state index contributed by atoms with van der Waals surface area (Å²) in [7, 11) is 0. The van der Waals surface area contributed by atoms with E-state index in [1.165, 1.54) is 0 Å². The minimum atomic E-state index is 0.202. The Morgan fingerprint density at radius 1 is 1.19 bits per heavy atom. The number of nitrogens with zero attached hydrogens (tertiary/aromatic N) is 5. The highest BCUT2D eigenvalue weighted by Crippen LogP contribution is 2.19. The Labute approximate surface area is 119 Å². The lowest BCUT2D eigenvalue weighted by Gasteiger charge is -2.04. The molecule has 0 atom stereocenters. The molecule has 4 rings (SSSR count). The number of nitrogens with one attached hydrogen (secondary N) is 1. The summed E-state index contributed by atoms with van der Waals surface area (Å²) >= 11 is 0. The molecule has 0 spiro atoms. The number of H-pyrrole nitrogens is 1. The van der Waals surface area contributed by atoms with Crippen LogP contribution in [0.3, 0.4) is 0 Å². The van der Waals surface area contributed by atoms with Crippen LogP contribution in [0.4, 0.5) is 5.95 Å². The molecule has 4 aromatic heterocycles. The molecule has 101 valence electrons. The van der Waals surface area contributed by atoms with Crippen molar-refractivity contribution in [2.45, 2.75) is 0 Å². The zero-order valence-corrected chi connectivity index (χ0v) is 10.9. The number of pyridine rings is 2. The van der Waals surface area contributed by atoms with Crippen molar-refractivity contribution in [3.63, 3.8) is 0 Å². The summed E-state index contributed by atoms with van der Waals surface area (Å²) < 4.78 is 1.97. The van der Waals surface area contributed by atoms with Crippen LogP contribution in [0.2, 0.25) is 0 Å². The Hall–Kier alpha value is -3.22. The van der Waals surface area contributed by atoms with Crippen LogP contribution >= 0.6 is 0 Å². The van der Waals surface area contributed by atoms with E-state index in [2.05, 4.69) is 31.2 Å². The molecule has 4 aromatic rings. The Kier molecular flexibility index (Phi) is 2.43. The summed E-state index contributed by atoms with van der Waals surface area (Å²) in [5.74, 6) is 0.747. The summed E-state index contributed by atoms with van der Waals surface area (Å²) in [5, 5.41) is 7.55. The molecule has 0 saturated heterocycles. The molecular formula is C14H10N7. The summed E-state index contributed by atoms with van der Waals surface area (Å²) in [6, 6.07) is 10.7. The first kappa shape index (κ1) is 11.6. The predicted molar refractivity (Wildman–Crippen MR) is 77.5 cm³/mol. The predicted octanol–water partition coefficient (Wildman–Crippen LogP) is 1.59. The third kappa shape index (κ3) is 1.91. The normalized spacial score (nSPS) is 11.0. The average molecular weight is 276 g/mol. The molecule has 0 aromatic carbocycles. The molecule has 7 heteroatoms. The van der Waals surface area contributed by atoms with Crippen molar-refractivity contribution in [2.75, 3.05) is 5.73 Å². The van der Waals surface area contributed by atoms with E-state index in [4.69, 9.17) is 5.73 Å². The van der Waals surface area contributed by atoms with Gasteiger partial charge >= 0.3 is 0 Å². The van der Waals surface area contributed by atoms with Gasteiger partial charge in [-0.2, -0.15) is 4.98 Å². The molecular weight excluding hydrogens is 266 g/mol. The molecule has 0 saturated carbocycles. The number of aromatic amines is 1. The molecule has 1 radical (unpaired) electrons. The summed E-state index contributed by atoms with van der Waals surface area (Å²) in [5.41, 5.74) is 7.95. The fraction of sp³-hybridized carbons (Fsp3) is 0. The van der Waals surface area contributed by atoms with Gasteiger partial charge < -0.3 is 5.73 Å². The van der Waals surface area contributed by atoms with E-state index in [0.29, 0.717) is 11.5 Å². The molecule has 0 bridgehead atoms. The minimum absolute atomic E-state index is 0.202. The number of nitrogens with two attached hydrogens (primary N) is 1. The summed E-state index contributed by atoms with van der Waals surface area (Å²) in [6.45, 7) is 0. The summed E-state index contributed by atoms with van der Waals surface area (Å²) in [4.78, 5) is 12.8. The Morgan fingerprint density at radius 3 is 2.90 bits per heavy atom. The Morgan fingerprint density at radius 2 is 2.14 bits per heavy atom. The van der Waals surface area contributed by atoms with Crippen LogP contribution in [0, 0.1) is 6.07 Å². The molecule has 0 unspecified atom stereocenters. The van der Waals surface area contributed by atoms with Gasteiger partial charge in [-0.1, -0.05) is 0 Å². The second-order valence-corrected chi connectivity index (χ2v) is 4.48. The van der Waals surface area contributed by atoms with Crippen LogP contribution in [0.5, 0.6) is 0 Å². The molecule has 4 heterocycles. The zero-order chi connectivity index (χ0) is 14.2. The Balaban J connectivity index is 1.76. The van der Waals surface area contributed by atoms with Crippen molar-refractivity contribution >= 4 is 17.0 Å². The quantitative estimate of drug-likeness (QED) is 0.579. The summed E-state index contributed by atoms with van der Waals surface area (Å²) in [6.07, 6.45) is 5.36. The monoisotopic (exact) mass is 276 g/mol. The van der Waals surface area contributed by atoms with E-state index in [9.17, 15) is 0 Å². The van der Waals surface area contributed by atoms with Gasteiger partial charge in [-0.3, -0.25) is 14.6 Å². The number of anilines is 1. The molecule has 0 amide bonds. The van der Waals surface area contributed by atoms with Gasteiger partial charge in [0.05, 0.1) is 11.9 Å². The number of fused-ring (bicyclic) bond motifs is 1. The van der Waals surface area contributed by atoms with Gasteiger partial charge in [0, 0.05) is 23.8 Å². The highest BCUT2D eigenvalue weighted by molar-refractivity contribution is 5.77. The SMILES string of the molecule is Nc1n[nH]c(-c2ccc(-n3ccc4c[c]cnc43)cn2)n1. The largest absolute Gasteiger partial charge is 0.366 e. The zero-order valence-electron chi connectivity index (χ0n) is 10.9. The van der Waals surface area contributed by atoms with Crippen LogP contribution in [0.25, 0.3) is 28.2 Å². The lowest BCUT2D eigenvalue weighted by Crippen LogP contribution is -1.95. The molecule has 21 heavy (non-hydrogen) atoms. The lowest BCUT2D eigenvalue weighted by molar-refractivity contribution is 1.06. The standard InChI is InChI=1S/C14H10N7/c15-14-18-12(19-20-14)11-4-3-10(8-17-11)21-7-5-9-2-1-6-16-13(9)21/h2-8H,(H3,15,18,19,20). The average Bonchev–Trinajstić information content (AvgIpc) is 3.14. The first-order chi connectivity index (χ1) is 10.3. The number of aromatic nitrogens is 6. The third-order valence-corrected chi connectivity index (χ3v) is 3.16. The van der Waals surface area contributed by atoms with Gasteiger partial charge in [-0.25, -0.2) is 4.98 Å². The topological polar surface area (TPSA) is 98.3 Å². The Bertz CT molecular complexity index is 904. The number of hydrogen-bond donors (Lipinski definition) is 2. The number of rotatable bonds is 2.